The zero-order valence-electron chi connectivity index (χ0n) is 12.6. The van der Waals surface area contributed by atoms with Gasteiger partial charge in [-0.15, -0.1) is 0 Å². The molecule has 2 heterocycles. The third-order valence-electron chi connectivity index (χ3n) is 3.31. The molecule has 2 rings (SSSR count). The molecule has 0 bridgehead atoms. The molecular formula is C11H22N6O3S. The average molecular weight is 318 g/mol. The van der Waals surface area contributed by atoms with Crippen LogP contribution in [0.1, 0.15) is 13.8 Å². The maximum atomic E-state index is 12.2. The number of ether oxygens (including phenoxy) is 1. The van der Waals surface area contributed by atoms with Crippen molar-refractivity contribution in [1.82, 2.24) is 24.5 Å². The molecular weight excluding hydrogens is 296 g/mol. The zero-order chi connectivity index (χ0) is 15.5. The van der Waals surface area contributed by atoms with E-state index < -0.39 is 10.0 Å². The molecule has 0 aromatic carbocycles. The summed E-state index contributed by atoms with van der Waals surface area (Å²) in [6.07, 6.45) is 0.0421. The van der Waals surface area contributed by atoms with Crippen LogP contribution in [0.5, 0.6) is 0 Å². The van der Waals surface area contributed by atoms with Gasteiger partial charge in [0.15, 0.2) is 0 Å². The lowest BCUT2D eigenvalue weighted by atomic mass is 10.4. The van der Waals surface area contributed by atoms with Crippen molar-refractivity contribution in [2.75, 3.05) is 43.4 Å². The summed E-state index contributed by atoms with van der Waals surface area (Å²) in [6, 6.07) is 0. The number of rotatable bonds is 6. The number of tetrazole rings is 1. The Morgan fingerprint density at radius 3 is 2.43 bits per heavy atom. The predicted molar refractivity (Wildman–Crippen MR) is 77.5 cm³/mol. The number of aromatic nitrogens is 4. The normalized spacial score (nSPS) is 17.6. The third-order valence-corrected chi connectivity index (χ3v) is 5.14. The first kappa shape index (κ1) is 16.1. The zero-order valence-corrected chi connectivity index (χ0v) is 13.5. The lowest BCUT2D eigenvalue weighted by Crippen LogP contribution is -2.50. The Balaban J connectivity index is 1.87. The first-order valence-electron chi connectivity index (χ1n) is 6.97. The van der Waals surface area contributed by atoms with Crippen LogP contribution in [0.3, 0.4) is 0 Å². The molecule has 1 aromatic rings. The number of aryl methyl sites for hydroxylation is 1. The Morgan fingerprint density at radius 2 is 1.90 bits per heavy atom. The summed E-state index contributed by atoms with van der Waals surface area (Å²) < 4.78 is 32.8. The Hall–Kier alpha value is -1.26. The molecule has 1 fully saturated rings. The Kier molecular flexibility index (Phi) is 5.12. The lowest BCUT2D eigenvalue weighted by Gasteiger charge is -2.33. The molecule has 0 amide bonds. The average Bonchev–Trinajstić information content (AvgIpc) is 2.84. The number of piperazine rings is 1. The van der Waals surface area contributed by atoms with Crippen LogP contribution in [0.15, 0.2) is 0 Å². The van der Waals surface area contributed by atoms with Gasteiger partial charge in [-0.05, 0) is 24.3 Å². The van der Waals surface area contributed by atoms with Crippen molar-refractivity contribution in [2.24, 2.45) is 7.05 Å². The highest BCUT2D eigenvalue weighted by molar-refractivity contribution is 7.89. The fourth-order valence-corrected chi connectivity index (χ4v) is 3.46. The van der Waals surface area contributed by atoms with Crippen LogP contribution in [0, 0.1) is 0 Å². The summed E-state index contributed by atoms with van der Waals surface area (Å²) in [5.74, 6) is 0.687. The quantitative estimate of drug-likeness (QED) is 0.670. The van der Waals surface area contributed by atoms with E-state index in [1.54, 1.807) is 11.7 Å². The highest BCUT2D eigenvalue weighted by Gasteiger charge is 2.28. The standard InChI is InChI=1S/C11H22N6O3S/c1-10(2)20-8-9-21(18,19)17-6-4-16(5-7-17)11-12-13-14-15(11)3/h10H,4-9H2,1-3H3. The maximum absolute atomic E-state index is 12.2. The van der Waals surface area contributed by atoms with Crippen molar-refractivity contribution in [3.63, 3.8) is 0 Å². The van der Waals surface area contributed by atoms with Crippen molar-refractivity contribution in [3.05, 3.63) is 0 Å². The second-order valence-electron chi connectivity index (χ2n) is 5.22. The van der Waals surface area contributed by atoms with E-state index in [1.807, 2.05) is 18.7 Å². The van der Waals surface area contributed by atoms with E-state index >= 15 is 0 Å². The monoisotopic (exact) mass is 318 g/mol. The molecule has 0 unspecified atom stereocenters. The summed E-state index contributed by atoms with van der Waals surface area (Å²) in [5, 5.41) is 11.3. The van der Waals surface area contributed by atoms with Crippen molar-refractivity contribution in [3.8, 4) is 0 Å². The van der Waals surface area contributed by atoms with E-state index in [1.165, 1.54) is 4.31 Å². The van der Waals surface area contributed by atoms with Gasteiger partial charge in [-0.25, -0.2) is 13.1 Å². The molecule has 0 atom stereocenters. The Labute approximate surface area is 124 Å². The van der Waals surface area contributed by atoms with Crippen LogP contribution < -0.4 is 4.90 Å². The fraction of sp³-hybridized carbons (Fsp3) is 0.909. The fourth-order valence-electron chi connectivity index (χ4n) is 2.18. The van der Waals surface area contributed by atoms with Crippen molar-refractivity contribution < 1.29 is 13.2 Å². The van der Waals surface area contributed by atoms with Gasteiger partial charge in [0.1, 0.15) is 0 Å². The first-order valence-corrected chi connectivity index (χ1v) is 8.58. The van der Waals surface area contributed by atoms with Gasteiger partial charge in [0.05, 0.1) is 18.5 Å². The first-order chi connectivity index (χ1) is 9.90. The second kappa shape index (κ2) is 6.67. The molecule has 1 saturated heterocycles. The van der Waals surface area contributed by atoms with E-state index in [9.17, 15) is 8.42 Å². The molecule has 1 aromatic heterocycles. The van der Waals surface area contributed by atoms with E-state index in [0.717, 1.165) is 0 Å². The molecule has 120 valence electrons. The van der Waals surface area contributed by atoms with Crippen LogP contribution in [-0.2, 0) is 21.8 Å². The van der Waals surface area contributed by atoms with Gasteiger partial charge in [-0.3, -0.25) is 0 Å². The van der Waals surface area contributed by atoms with E-state index in [2.05, 4.69) is 15.5 Å². The largest absolute Gasteiger partial charge is 0.378 e. The molecule has 21 heavy (non-hydrogen) atoms. The Morgan fingerprint density at radius 1 is 1.24 bits per heavy atom. The molecule has 1 aliphatic rings. The van der Waals surface area contributed by atoms with Gasteiger partial charge < -0.3 is 9.64 Å². The molecule has 1 aliphatic heterocycles. The lowest BCUT2D eigenvalue weighted by molar-refractivity contribution is 0.0906. The molecule has 0 N–H and O–H groups in total. The van der Waals surface area contributed by atoms with E-state index in [4.69, 9.17) is 4.74 Å². The third kappa shape index (κ3) is 4.11. The van der Waals surface area contributed by atoms with Crippen LogP contribution in [0.4, 0.5) is 5.95 Å². The molecule has 0 spiro atoms. The molecule has 0 saturated carbocycles. The number of sulfonamides is 1. The molecule has 0 radical (unpaired) electrons. The topological polar surface area (TPSA) is 93.5 Å². The van der Waals surface area contributed by atoms with E-state index in [0.29, 0.717) is 32.1 Å². The minimum Gasteiger partial charge on any atom is -0.378 e. The van der Waals surface area contributed by atoms with Gasteiger partial charge in [0.25, 0.3) is 0 Å². The van der Waals surface area contributed by atoms with Crippen molar-refractivity contribution >= 4 is 16.0 Å². The van der Waals surface area contributed by atoms with Gasteiger partial charge in [0.2, 0.25) is 16.0 Å². The number of hydrogen-bond acceptors (Lipinski definition) is 7. The summed E-state index contributed by atoms with van der Waals surface area (Å²) in [5.41, 5.74) is 0. The van der Waals surface area contributed by atoms with Gasteiger partial charge in [-0.1, -0.05) is 5.10 Å². The Bertz CT molecular complexity index is 550. The van der Waals surface area contributed by atoms with Crippen molar-refractivity contribution in [2.45, 2.75) is 20.0 Å². The van der Waals surface area contributed by atoms with Crippen LogP contribution in [0.25, 0.3) is 0 Å². The van der Waals surface area contributed by atoms with Crippen LogP contribution in [0.2, 0.25) is 0 Å². The molecule has 10 heteroatoms. The van der Waals surface area contributed by atoms with Crippen LogP contribution >= 0.6 is 0 Å². The molecule has 0 aliphatic carbocycles. The second-order valence-corrected chi connectivity index (χ2v) is 7.31. The summed E-state index contributed by atoms with van der Waals surface area (Å²) in [6.45, 7) is 6.05. The highest BCUT2D eigenvalue weighted by atomic mass is 32.2. The van der Waals surface area contributed by atoms with Crippen LogP contribution in [-0.4, -0.2) is 77.6 Å². The smallest absolute Gasteiger partial charge is 0.245 e. The number of hydrogen-bond donors (Lipinski definition) is 0. The summed E-state index contributed by atoms with van der Waals surface area (Å²) >= 11 is 0. The minimum absolute atomic E-state index is 0.0245. The summed E-state index contributed by atoms with van der Waals surface area (Å²) in [7, 11) is -1.49. The SMILES string of the molecule is CC(C)OCCS(=O)(=O)N1CCN(c2nnnn2C)CC1. The summed E-state index contributed by atoms with van der Waals surface area (Å²) in [4.78, 5) is 1.98. The number of nitrogens with zero attached hydrogens (tertiary/aromatic N) is 6. The van der Waals surface area contributed by atoms with Gasteiger partial charge in [0, 0.05) is 33.2 Å². The van der Waals surface area contributed by atoms with Crippen molar-refractivity contribution in [1.29, 1.82) is 0 Å². The maximum Gasteiger partial charge on any atom is 0.245 e. The predicted octanol–water partition coefficient (Wildman–Crippen LogP) is -0.913. The highest BCUT2D eigenvalue weighted by Crippen LogP contribution is 2.13. The number of anilines is 1. The van der Waals surface area contributed by atoms with E-state index in [-0.39, 0.29) is 18.5 Å². The van der Waals surface area contributed by atoms with Gasteiger partial charge >= 0.3 is 0 Å². The molecule has 9 nitrogen and oxygen atoms in total. The minimum atomic E-state index is -3.26. The van der Waals surface area contributed by atoms with Gasteiger partial charge in [-0.2, -0.15) is 4.31 Å².